The highest BCUT2D eigenvalue weighted by Gasteiger charge is 2.20. The van der Waals surface area contributed by atoms with Crippen LogP contribution in [-0.2, 0) is 0 Å². The van der Waals surface area contributed by atoms with Crippen LogP contribution in [0.15, 0.2) is 54.9 Å². The van der Waals surface area contributed by atoms with Crippen LogP contribution < -0.4 is 5.73 Å². The molecule has 3 nitrogen and oxygen atoms in total. The van der Waals surface area contributed by atoms with Crippen LogP contribution in [0.25, 0.3) is 11.0 Å². The number of benzene rings is 2. The monoisotopic (exact) mass is 269 g/mol. The van der Waals surface area contributed by atoms with Crippen molar-refractivity contribution in [3.8, 4) is 0 Å². The predicted molar refractivity (Wildman–Crippen MR) is 77.9 cm³/mol. The van der Waals surface area contributed by atoms with Crippen molar-refractivity contribution < 1.29 is 4.39 Å². The van der Waals surface area contributed by atoms with Crippen molar-refractivity contribution in [3.05, 3.63) is 66.2 Å². The molecule has 0 spiro atoms. The molecule has 4 heteroatoms. The molecule has 20 heavy (non-hydrogen) atoms. The number of halogens is 1. The molecule has 2 atom stereocenters. The zero-order valence-corrected chi connectivity index (χ0v) is 11.2. The first-order valence-corrected chi connectivity index (χ1v) is 6.59. The molecule has 0 radical (unpaired) electrons. The molecule has 3 aromatic rings. The van der Waals surface area contributed by atoms with E-state index in [9.17, 15) is 4.39 Å². The summed E-state index contributed by atoms with van der Waals surface area (Å²) in [6, 6.07) is 14.1. The second-order valence-electron chi connectivity index (χ2n) is 5.00. The van der Waals surface area contributed by atoms with Gasteiger partial charge in [-0.1, -0.05) is 24.3 Å². The van der Waals surface area contributed by atoms with Gasteiger partial charge in [0.05, 0.1) is 23.4 Å². The van der Waals surface area contributed by atoms with E-state index in [1.165, 1.54) is 12.1 Å². The van der Waals surface area contributed by atoms with Crippen molar-refractivity contribution in [2.24, 2.45) is 5.73 Å². The number of fused-ring (bicyclic) bond motifs is 1. The maximum Gasteiger partial charge on any atom is 0.123 e. The molecule has 2 aromatic carbocycles. The lowest BCUT2D eigenvalue weighted by Gasteiger charge is -2.23. The van der Waals surface area contributed by atoms with E-state index in [4.69, 9.17) is 5.73 Å². The molecule has 2 unspecified atom stereocenters. The fourth-order valence-electron chi connectivity index (χ4n) is 2.61. The topological polar surface area (TPSA) is 43.8 Å². The molecule has 0 saturated carbocycles. The Hall–Kier alpha value is -2.20. The molecule has 0 bridgehead atoms. The van der Waals surface area contributed by atoms with Crippen molar-refractivity contribution in [3.63, 3.8) is 0 Å². The molecule has 2 N–H and O–H groups in total. The molecular formula is C16H16FN3. The smallest absolute Gasteiger partial charge is 0.123 e. The van der Waals surface area contributed by atoms with E-state index in [-0.39, 0.29) is 17.9 Å². The van der Waals surface area contributed by atoms with Crippen molar-refractivity contribution in [1.29, 1.82) is 0 Å². The van der Waals surface area contributed by atoms with E-state index < -0.39 is 0 Å². The van der Waals surface area contributed by atoms with Gasteiger partial charge in [0, 0.05) is 6.04 Å². The van der Waals surface area contributed by atoms with Crippen LogP contribution in [0.4, 0.5) is 4.39 Å². The molecule has 3 rings (SSSR count). The maximum absolute atomic E-state index is 13.5. The average Bonchev–Trinajstić information content (AvgIpc) is 2.83. The normalized spacial score (nSPS) is 14.3. The lowest BCUT2D eigenvalue weighted by Crippen LogP contribution is -2.30. The van der Waals surface area contributed by atoms with Crippen molar-refractivity contribution in [2.45, 2.75) is 19.0 Å². The van der Waals surface area contributed by atoms with Crippen molar-refractivity contribution >= 4 is 11.0 Å². The molecule has 1 heterocycles. The molecule has 0 fully saturated rings. The maximum atomic E-state index is 13.5. The number of para-hydroxylation sites is 2. The third kappa shape index (κ3) is 2.18. The second kappa shape index (κ2) is 5.06. The first-order valence-electron chi connectivity index (χ1n) is 6.59. The highest BCUT2D eigenvalue weighted by atomic mass is 19.1. The van der Waals surface area contributed by atoms with Crippen LogP contribution in [-0.4, -0.2) is 15.6 Å². The zero-order valence-electron chi connectivity index (χ0n) is 11.2. The van der Waals surface area contributed by atoms with Crippen molar-refractivity contribution in [1.82, 2.24) is 9.55 Å². The number of rotatable bonds is 3. The predicted octanol–water partition coefficient (Wildman–Crippen LogP) is 3.11. The Kier molecular flexibility index (Phi) is 3.24. The molecule has 0 aliphatic rings. The fraction of sp³-hybridized carbons (Fsp3) is 0.188. The van der Waals surface area contributed by atoms with Gasteiger partial charge in [0.2, 0.25) is 0 Å². The van der Waals surface area contributed by atoms with E-state index in [1.807, 2.05) is 41.8 Å². The Bertz CT molecular complexity index is 733. The van der Waals surface area contributed by atoms with Crippen molar-refractivity contribution in [2.75, 3.05) is 0 Å². The standard InChI is InChI=1S/C16H16FN3/c1-11(18)16(12-5-4-6-13(17)9-12)20-10-19-14-7-2-3-8-15(14)20/h2-11,16H,18H2,1H3. The molecule has 0 aliphatic carbocycles. The van der Waals surface area contributed by atoms with Gasteiger partial charge in [-0.2, -0.15) is 0 Å². The Morgan fingerprint density at radius 2 is 1.95 bits per heavy atom. The first kappa shape index (κ1) is 12.8. The van der Waals surface area contributed by atoms with E-state index in [2.05, 4.69) is 4.98 Å². The summed E-state index contributed by atoms with van der Waals surface area (Å²) < 4.78 is 15.5. The fourth-order valence-corrected chi connectivity index (χ4v) is 2.61. The number of imidazole rings is 1. The summed E-state index contributed by atoms with van der Waals surface area (Å²) in [5.41, 5.74) is 8.89. The van der Waals surface area contributed by atoms with E-state index in [0.29, 0.717) is 0 Å². The van der Waals surface area contributed by atoms with Crippen LogP contribution in [0.1, 0.15) is 18.5 Å². The van der Waals surface area contributed by atoms with Gasteiger partial charge in [0.1, 0.15) is 5.82 Å². The highest BCUT2D eigenvalue weighted by molar-refractivity contribution is 5.75. The molecule has 1 aromatic heterocycles. The van der Waals surface area contributed by atoms with Gasteiger partial charge in [-0.3, -0.25) is 0 Å². The lowest BCUT2D eigenvalue weighted by molar-refractivity contribution is 0.503. The van der Waals surface area contributed by atoms with Gasteiger partial charge >= 0.3 is 0 Å². The minimum atomic E-state index is -0.252. The summed E-state index contributed by atoms with van der Waals surface area (Å²) in [4.78, 5) is 4.38. The second-order valence-corrected chi connectivity index (χ2v) is 5.00. The van der Waals surface area contributed by atoms with E-state index >= 15 is 0 Å². The van der Waals surface area contributed by atoms with Crippen LogP contribution in [0.2, 0.25) is 0 Å². The number of hydrogen-bond donors (Lipinski definition) is 1. The Morgan fingerprint density at radius 3 is 2.70 bits per heavy atom. The Labute approximate surface area is 116 Å². The number of nitrogens with zero attached hydrogens (tertiary/aromatic N) is 2. The zero-order chi connectivity index (χ0) is 14.1. The van der Waals surface area contributed by atoms with E-state index in [1.54, 1.807) is 12.4 Å². The molecule has 0 saturated heterocycles. The minimum Gasteiger partial charge on any atom is -0.326 e. The summed E-state index contributed by atoms with van der Waals surface area (Å²) in [7, 11) is 0. The molecular weight excluding hydrogens is 253 g/mol. The summed E-state index contributed by atoms with van der Waals surface area (Å²) in [5, 5.41) is 0. The van der Waals surface area contributed by atoms with Gasteiger partial charge in [0.15, 0.2) is 0 Å². The molecule has 102 valence electrons. The third-order valence-corrected chi connectivity index (χ3v) is 3.47. The number of hydrogen-bond acceptors (Lipinski definition) is 2. The largest absolute Gasteiger partial charge is 0.326 e. The lowest BCUT2D eigenvalue weighted by atomic mass is 10.0. The van der Waals surface area contributed by atoms with Gasteiger partial charge in [0.25, 0.3) is 0 Å². The van der Waals surface area contributed by atoms with E-state index in [0.717, 1.165) is 16.6 Å². The first-order chi connectivity index (χ1) is 9.66. The van der Waals surface area contributed by atoms with Crippen LogP contribution in [0.3, 0.4) is 0 Å². The van der Waals surface area contributed by atoms with Gasteiger partial charge in [-0.05, 0) is 36.8 Å². The quantitative estimate of drug-likeness (QED) is 0.794. The number of nitrogens with two attached hydrogens (primary N) is 1. The summed E-state index contributed by atoms with van der Waals surface area (Å²) in [6.45, 7) is 1.92. The minimum absolute atomic E-state index is 0.141. The SMILES string of the molecule is CC(N)C(c1cccc(F)c1)n1cnc2ccccc21. The number of aromatic nitrogens is 2. The van der Waals surface area contributed by atoms with Gasteiger partial charge in [-0.25, -0.2) is 9.37 Å². The molecule has 0 amide bonds. The molecule has 0 aliphatic heterocycles. The van der Waals surface area contributed by atoms with Crippen LogP contribution >= 0.6 is 0 Å². The third-order valence-electron chi connectivity index (χ3n) is 3.47. The Morgan fingerprint density at radius 1 is 1.15 bits per heavy atom. The highest BCUT2D eigenvalue weighted by Crippen LogP contribution is 2.26. The van der Waals surface area contributed by atoms with Gasteiger partial charge < -0.3 is 10.3 Å². The Balaban J connectivity index is 2.16. The van der Waals surface area contributed by atoms with Crippen LogP contribution in [0, 0.1) is 5.82 Å². The summed E-state index contributed by atoms with van der Waals surface area (Å²) in [6.07, 6.45) is 1.77. The summed E-state index contributed by atoms with van der Waals surface area (Å²) in [5.74, 6) is -0.252. The average molecular weight is 269 g/mol. The van der Waals surface area contributed by atoms with Gasteiger partial charge in [-0.15, -0.1) is 0 Å². The van der Waals surface area contributed by atoms with Crippen LogP contribution in [0.5, 0.6) is 0 Å². The summed E-state index contributed by atoms with van der Waals surface area (Å²) >= 11 is 0.